The van der Waals surface area contributed by atoms with Crippen LogP contribution in [0.2, 0.25) is 0 Å². The zero-order chi connectivity index (χ0) is 27.4. The molecule has 0 spiro atoms. The number of rotatable bonds is 22. The number of esters is 1. The number of carbonyl (C=O) groups is 1. The number of fused-ring (bicyclic) bond motifs is 2. The summed E-state index contributed by atoms with van der Waals surface area (Å²) in [7, 11) is 0. The normalized spacial score (nSPS) is 11.3. The van der Waals surface area contributed by atoms with Gasteiger partial charge in [-0.15, -0.1) is 0 Å². The minimum absolute atomic E-state index is 0.0108. The number of hydrogen-bond donors (Lipinski definition) is 0. The fourth-order valence-electron chi connectivity index (χ4n) is 5.32. The SMILES string of the molecule is CCCCOC(=O)CCCCCCCCCCCCCCCCCOc1cccc2cc3ccccc3cc12. The summed E-state index contributed by atoms with van der Waals surface area (Å²) in [5.41, 5.74) is 0. The van der Waals surface area contributed by atoms with Crippen molar-refractivity contribution < 1.29 is 14.3 Å². The highest BCUT2D eigenvalue weighted by atomic mass is 16.5. The van der Waals surface area contributed by atoms with Crippen LogP contribution in [-0.4, -0.2) is 19.2 Å². The van der Waals surface area contributed by atoms with Crippen molar-refractivity contribution in [3.63, 3.8) is 0 Å². The Morgan fingerprint density at radius 1 is 0.564 bits per heavy atom. The highest BCUT2D eigenvalue weighted by Gasteiger charge is 2.05. The molecule has 0 saturated carbocycles. The van der Waals surface area contributed by atoms with Crippen LogP contribution in [0.15, 0.2) is 54.6 Å². The van der Waals surface area contributed by atoms with Gasteiger partial charge in [-0.2, -0.15) is 0 Å². The Hall–Kier alpha value is -2.55. The maximum Gasteiger partial charge on any atom is 0.305 e. The summed E-state index contributed by atoms with van der Waals surface area (Å²) in [5, 5.41) is 5.02. The Labute approximate surface area is 237 Å². The third-order valence-electron chi connectivity index (χ3n) is 7.75. The first-order chi connectivity index (χ1) is 19.3. The van der Waals surface area contributed by atoms with Crippen LogP contribution in [0.4, 0.5) is 0 Å². The third-order valence-corrected chi connectivity index (χ3v) is 7.75. The van der Waals surface area contributed by atoms with Crippen LogP contribution < -0.4 is 4.74 Å². The van der Waals surface area contributed by atoms with E-state index in [0.717, 1.165) is 44.5 Å². The van der Waals surface area contributed by atoms with Crippen molar-refractivity contribution in [3.05, 3.63) is 54.6 Å². The van der Waals surface area contributed by atoms with Crippen LogP contribution in [-0.2, 0) is 9.53 Å². The van der Waals surface area contributed by atoms with Crippen molar-refractivity contribution >= 4 is 27.5 Å². The molecule has 0 bridgehead atoms. The lowest BCUT2D eigenvalue weighted by Gasteiger charge is -2.10. The van der Waals surface area contributed by atoms with Gasteiger partial charge < -0.3 is 9.47 Å². The summed E-state index contributed by atoms with van der Waals surface area (Å²) in [4.78, 5) is 11.6. The molecule has 0 unspecified atom stereocenters. The Kier molecular flexibility index (Phi) is 15.5. The Morgan fingerprint density at radius 2 is 1.10 bits per heavy atom. The molecule has 3 rings (SSSR count). The van der Waals surface area contributed by atoms with Crippen molar-refractivity contribution in [1.82, 2.24) is 0 Å². The third kappa shape index (κ3) is 12.4. The molecule has 39 heavy (non-hydrogen) atoms. The average molecular weight is 533 g/mol. The van der Waals surface area contributed by atoms with Gasteiger partial charge in [-0.1, -0.05) is 133 Å². The van der Waals surface area contributed by atoms with Crippen LogP contribution >= 0.6 is 0 Å². The summed E-state index contributed by atoms with van der Waals surface area (Å²) in [6, 6.07) is 19.4. The lowest BCUT2D eigenvalue weighted by atomic mass is 10.0. The monoisotopic (exact) mass is 532 g/mol. The standard InChI is InChI=1S/C36H52O3/c1-2-3-27-39-36(37)26-17-15-13-11-9-7-5-4-6-8-10-12-14-16-20-28-38-35-25-21-24-33-29-31-22-18-19-23-32(31)30-34(33)35/h18-19,21-25,29-30H,2-17,20,26-28H2,1H3. The molecule has 0 heterocycles. The number of carbonyl (C=O) groups excluding carboxylic acids is 1. The van der Waals surface area contributed by atoms with E-state index in [-0.39, 0.29) is 5.97 Å². The molecular weight excluding hydrogens is 480 g/mol. The minimum atomic E-state index is -0.0108. The quantitative estimate of drug-likeness (QED) is 0.0733. The molecule has 3 aromatic rings. The zero-order valence-electron chi connectivity index (χ0n) is 24.6. The van der Waals surface area contributed by atoms with Crippen molar-refractivity contribution in [2.75, 3.05) is 13.2 Å². The number of hydrogen-bond acceptors (Lipinski definition) is 3. The Morgan fingerprint density at radius 3 is 1.72 bits per heavy atom. The lowest BCUT2D eigenvalue weighted by Crippen LogP contribution is -2.05. The zero-order valence-corrected chi connectivity index (χ0v) is 24.6. The summed E-state index contributed by atoms with van der Waals surface area (Å²) in [6.45, 7) is 3.51. The van der Waals surface area contributed by atoms with E-state index < -0.39 is 0 Å². The molecular formula is C36H52O3. The highest BCUT2D eigenvalue weighted by Crippen LogP contribution is 2.30. The highest BCUT2D eigenvalue weighted by molar-refractivity contribution is 6.00. The first-order valence-corrected chi connectivity index (χ1v) is 16.0. The number of benzene rings is 3. The molecule has 0 N–H and O–H groups in total. The van der Waals surface area contributed by atoms with Gasteiger partial charge in [0.25, 0.3) is 0 Å². The number of unbranched alkanes of at least 4 members (excludes halogenated alkanes) is 15. The molecule has 0 fully saturated rings. The van der Waals surface area contributed by atoms with Crippen LogP contribution in [0.1, 0.15) is 122 Å². The van der Waals surface area contributed by atoms with Crippen LogP contribution in [0, 0.1) is 0 Å². The molecule has 3 nitrogen and oxygen atoms in total. The largest absolute Gasteiger partial charge is 0.493 e. The van der Waals surface area contributed by atoms with Crippen LogP contribution in [0.25, 0.3) is 21.5 Å². The topological polar surface area (TPSA) is 35.5 Å². The first kappa shape index (κ1) is 31.0. The van der Waals surface area contributed by atoms with Gasteiger partial charge in [0.15, 0.2) is 0 Å². The molecule has 0 aliphatic rings. The van der Waals surface area contributed by atoms with Gasteiger partial charge in [-0.25, -0.2) is 0 Å². The molecule has 0 aliphatic carbocycles. The van der Waals surface area contributed by atoms with E-state index in [1.165, 1.54) is 98.6 Å². The lowest BCUT2D eigenvalue weighted by molar-refractivity contribution is -0.143. The van der Waals surface area contributed by atoms with E-state index in [1.54, 1.807) is 0 Å². The van der Waals surface area contributed by atoms with Crippen LogP contribution in [0.5, 0.6) is 5.75 Å². The molecule has 0 radical (unpaired) electrons. The van der Waals surface area contributed by atoms with Crippen molar-refractivity contribution in [2.45, 2.75) is 122 Å². The van der Waals surface area contributed by atoms with E-state index >= 15 is 0 Å². The molecule has 0 aliphatic heterocycles. The predicted octanol–water partition coefficient (Wildman–Crippen LogP) is 11.0. The smallest absolute Gasteiger partial charge is 0.305 e. The summed E-state index contributed by atoms with van der Waals surface area (Å²) < 4.78 is 11.4. The van der Waals surface area contributed by atoms with E-state index in [1.807, 2.05) is 0 Å². The summed E-state index contributed by atoms with van der Waals surface area (Å²) in [5.74, 6) is 1.00. The van der Waals surface area contributed by atoms with Gasteiger partial charge in [-0.05, 0) is 53.6 Å². The van der Waals surface area contributed by atoms with Crippen LogP contribution in [0.3, 0.4) is 0 Å². The molecule has 3 heteroatoms. The van der Waals surface area contributed by atoms with E-state index in [9.17, 15) is 4.79 Å². The summed E-state index contributed by atoms with van der Waals surface area (Å²) in [6.07, 6.45) is 22.1. The van der Waals surface area contributed by atoms with Gasteiger partial charge in [0.05, 0.1) is 13.2 Å². The van der Waals surface area contributed by atoms with E-state index in [4.69, 9.17) is 9.47 Å². The minimum Gasteiger partial charge on any atom is -0.493 e. The van der Waals surface area contributed by atoms with Gasteiger partial charge >= 0.3 is 5.97 Å². The maximum absolute atomic E-state index is 11.6. The molecule has 214 valence electrons. The molecule has 0 saturated heterocycles. The van der Waals surface area contributed by atoms with Gasteiger partial charge in [0, 0.05) is 11.8 Å². The molecule has 0 atom stereocenters. The molecule has 3 aromatic carbocycles. The summed E-state index contributed by atoms with van der Waals surface area (Å²) >= 11 is 0. The Bertz CT molecular complexity index is 1070. The second kappa shape index (κ2) is 19.5. The van der Waals surface area contributed by atoms with E-state index in [0.29, 0.717) is 13.0 Å². The second-order valence-corrected chi connectivity index (χ2v) is 11.2. The second-order valence-electron chi connectivity index (χ2n) is 11.2. The molecule has 0 amide bonds. The van der Waals surface area contributed by atoms with Crippen molar-refractivity contribution in [3.8, 4) is 5.75 Å². The van der Waals surface area contributed by atoms with Gasteiger partial charge in [0.2, 0.25) is 0 Å². The van der Waals surface area contributed by atoms with Crippen molar-refractivity contribution in [2.24, 2.45) is 0 Å². The Balaban J connectivity index is 1.09. The van der Waals surface area contributed by atoms with Gasteiger partial charge in [0.1, 0.15) is 5.75 Å². The number of ether oxygens (including phenoxy) is 2. The fourth-order valence-corrected chi connectivity index (χ4v) is 5.32. The maximum atomic E-state index is 11.6. The first-order valence-electron chi connectivity index (χ1n) is 16.0. The predicted molar refractivity (Wildman–Crippen MR) is 167 cm³/mol. The van der Waals surface area contributed by atoms with E-state index in [2.05, 4.69) is 61.5 Å². The molecule has 0 aromatic heterocycles. The average Bonchev–Trinajstić information content (AvgIpc) is 2.95. The van der Waals surface area contributed by atoms with Gasteiger partial charge in [-0.3, -0.25) is 4.79 Å². The van der Waals surface area contributed by atoms with Crippen molar-refractivity contribution in [1.29, 1.82) is 0 Å². The fraction of sp³-hybridized carbons (Fsp3) is 0.583.